The van der Waals surface area contributed by atoms with E-state index in [1.165, 1.54) is 12.8 Å². The molecule has 1 aliphatic rings. The Balaban J connectivity index is 2.71. The lowest BCUT2D eigenvalue weighted by Gasteiger charge is -2.31. The van der Waals surface area contributed by atoms with Crippen molar-refractivity contribution in [1.29, 1.82) is 0 Å². The molecule has 0 aromatic rings. The van der Waals surface area contributed by atoms with Gasteiger partial charge in [0, 0.05) is 11.0 Å². The van der Waals surface area contributed by atoms with Gasteiger partial charge in [-0.05, 0) is 46.1 Å². The number of Topliss-reactive ketones (excluding diaryl/α,β-unsaturated/α-hetero) is 1. The number of nitrogens with one attached hydrogen (secondary N) is 1. The molecule has 0 aliphatic heterocycles. The van der Waals surface area contributed by atoms with E-state index in [0.717, 1.165) is 6.42 Å². The van der Waals surface area contributed by atoms with Gasteiger partial charge in [0.05, 0.1) is 0 Å². The maximum atomic E-state index is 11.5. The minimum atomic E-state index is -0.144. The summed E-state index contributed by atoms with van der Waals surface area (Å²) in [5.74, 6) is 0.861. The van der Waals surface area contributed by atoms with E-state index in [0.29, 0.717) is 11.7 Å². The zero-order valence-corrected chi connectivity index (χ0v) is 10.1. The van der Waals surface area contributed by atoms with Crippen LogP contribution in [0.15, 0.2) is 0 Å². The lowest BCUT2D eigenvalue weighted by molar-refractivity contribution is -0.127. The van der Waals surface area contributed by atoms with Gasteiger partial charge in [0.1, 0.15) is 5.78 Å². The Bertz CT molecular complexity index is 234. The summed E-state index contributed by atoms with van der Waals surface area (Å²) in [5.41, 5.74) is 0.103. The average Bonchev–Trinajstić information content (AvgIpc) is 2.49. The normalized spacial score (nSPS) is 33.4. The van der Waals surface area contributed by atoms with E-state index >= 15 is 0 Å². The Morgan fingerprint density at radius 2 is 2.07 bits per heavy atom. The summed E-state index contributed by atoms with van der Waals surface area (Å²) < 4.78 is 0. The van der Waals surface area contributed by atoms with E-state index in [1.54, 1.807) is 6.92 Å². The summed E-state index contributed by atoms with van der Waals surface area (Å²) in [6.07, 6.45) is 3.48. The SMILES string of the molecule is CNC1(C)CCC(C(C)(C)C(C)=O)C1. The highest BCUT2D eigenvalue weighted by atomic mass is 16.1. The summed E-state index contributed by atoms with van der Waals surface area (Å²) in [7, 11) is 2.02. The molecule has 2 atom stereocenters. The summed E-state index contributed by atoms with van der Waals surface area (Å²) in [5, 5.41) is 3.37. The second-order valence-electron chi connectivity index (χ2n) is 5.53. The van der Waals surface area contributed by atoms with Gasteiger partial charge in [-0.15, -0.1) is 0 Å². The second kappa shape index (κ2) is 3.65. The third-order valence-corrected chi connectivity index (χ3v) is 4.27. The van der Waals surface area contributed by atoms with Gasteiger partial charge in [-0.2, -0.15) is 0 Å². The molecular formula is C12H23NO. The van der Waals surface area contributed by atoms with Gasteiger partial charge in [0.2, 0.25) is 0 Å². The fourth-order valence-electron chi connectivity index (χ4n) is 2.37. The molecule has 0 amide bonds. The molecule has 0 radical (unpaired) electrons. The van der Waals surface area contributed by atoms with Crippen molar-refractivity contribution < 1.29 is 4.79 Å². The third kappa shape index (κ3) is 2.00. The van der Waals surface area contributed by atoms with E-state index in [4.69, 9.17) is 0 Å². The molecule has 0 heterocycles. The number of carbonyl (C=O) groups excluding carboxylic acids is 1. The smallest absolute Gasteiger partial charge is 0.135 e. The molecule has 14 heavy (non-hydrogen) atoms. The van der Waals surface area contributed by atoms with Gasteiger partial charge >= 0.3 is 0 Å². The van der Waals surface area contributed by atoms with Crippen molar-refractivity contribution in [3.8, 4) is 0 Å². The van der Waals surface area contributed by atoms with Crippen LogP contribution in [-0.2, 0) is 4.79 Å². The Hall–Kier alpha value is -0.370. The highest BCUT2D eigenvalue weighted by Gasteiger charge is 2.43. The molecular weight excluding hydrogens is 174 g/mol. The van der Waals surface area contributed by atoms with Crippen LogP contribution < -0.4 is 5.32 Å². The first-order valence-electron chi connectivity index (χ1n) is 5.52. The topological polar surface area (TPSA) is 29.1 Å². The van der Waals surface area contributed by atoms with Crippen LogP contribution in [0, 0.1) is 11.3 Å². The standard InChI is InChI=1S/C12H23NO/c1-9(14)11(2,3)10-6-7-12(4,8-10)13-5/h10,13H,6-8H2,1-5H3. The van der Waals surface area contributed by atoms with Gasteiger partial charge < -0.3 is 5.32 Å². The lowest BCUT2D eigenvalue weighted by atomic mass is 9.74. The summed E-state index contributed by atoms with van der Waals surface area (Å²) in [6.45, 7) is 8.14. The van der Waals surface area contributed by atoms with E-state index in [9.17, 15) is 4.79 Å². The molecule has 1 rings (SSSR count). The van der Waals surface area contributed by atoms with Crippen molar-refractivity contribution in [2.24, 2.45) is 11.3 Å². The molecule has 0 spiro atoms. The fourth-order valence-corrected chi connectivity index (χ4v) is 2.37. The predicted molar refractivity (Wildman–Crippen MR) is 59.3 cm³/mol. The van der Waals surface area contributed by atoms with Crippen LogP contribution >= 0.6 is 0 Å². The first-order chi connectivity index (χ1) is 6.32. The molecule has 2 nitrogen and oxygen atoms in total. The van der Waals surface area contributed by atoms with E-state index in [2.05, 4.69) is 26.1 Å². The van der Waals surface area contributed by atoms with Gasteiger partial charge in [-0.3, -0.25) is 4.79 Å². The zero-order valence-electron chi connectivity index (χ0n) is 10.1. The number of hydrogen-bond donors (Lipinski definition) is 1. The first-order valence-corrected chi connectivity index (χ1v) is 5.52. The summed E-state index contributed by atoms with van der Waals surface area (Å²) in [6, 6.07) is 0. The number of carbonyl (C=O) groups is 1. The van der Waals surface area contributed by atoms with Gasteiger partial charge in [-0.25, -0.2) is 0 Å². The first kappa shape index (κ1) is 11.7. The average molecular weight is 197 g/mol. The van der Waals surface area contributed by atoms with Gasteiger partial charge in [0.15, 0.2) is 0 Å². The van der Waals surface area contributed by atoms with E-state index in [1.807, 2.05) is 7.05 Å². The van der Waals surface area contributed by atoms with Crippen molar-refractivity contribution in [2.45, 2.75) is 52.5 Å². The molecule has 0 aromatic heterocycles. The largest absolute Gasteiger partial charge is 0.315 e. The summed E-state index contributed by atoms with van der Waals surface area (Å²) in [4.78, 5) is 11.5. The molecule has 82 valence electrons. The number of ketones is 1. The van der Waals surface area contributed by atoms with Crippen molar-refractivity contribution >= 4 is 5.78 Å². The minimum absolute atomic E-state index is 0.144. The molecule has 0 bridgehead atoms. The van der Waals surface area contributed by atoms with Crippen molar-refractivity contribution in [3.05, 3.63) is 0 Å². The highest BCUT2D eigenvalue weighted by Crippen LogP contribution is 2.44. The number of hydrogen-bond acceptors (Lipinski definition) is 2. The van der Waals surface area contributed by atoms with Crippen LogP contribution in [0.25, 0.3) is 0 Å². The Labute approximate surface area is 87.5 Å². The summed E-state index contributed by atoms with van der Waals surface area (Å²) >= 11 is 0. The van der Waals surface area contributed by atoms with E-state index in [-0.39, 0.29) is 11.0 Å². The maximum absolute atomic E-state index is 11.5. The maximum Gasteiger partial charge on any atom is 0.135 e. The zero-order chi connectivity index (χ0) is 11.0. The predicted octanol–water partition coefficient (Wildman–Crippen LogP) is 2.38. The van der Waals surface area contributed by atoms with Crippen LogP contribution in [0.5, 0.6) is 0 Å². The van der Waals surface area contributed by atoms with E-state index < -0.39 is 0 Å². The molecule has 2 heteroatoms. The third-order valence-electron chi connectivity index (χ3n) is 4.27. The molecule has 0 saturated heterocycles. The molecule has 1 fully saturated rings. The molecule has 2 unspecified atom stereocenters. The molecule has 0 aromatic carbocycles. The quantitative estimate of drug-likeness (QED) is 0.752. The highest BCUT2D eigenvalue weighted by molar-refractivity contribution is 5.81. The Morgan fingerprint density at radius 3 is 2.43 bits per heavy atom. The minimum Gasteiger partial charge on any atom is -0.315 e. The lowest BCUT2D eigenvalue weighted by Crippen LogP contribution is -2.38. The van der Waals surface area contributed by atoms with Gasteiger partial charge in [-0.1, -0.05) is 13.8 Å². The number of rotatable bonds is 3. The van der Waals surface area contributed by atoms with Crippen LogP contribution in [0.4, 0.5) is 0 Å². The Kier molecular flexibility index (Phi) is 3.05. The van der Waals surface area contributed by atoms with Crippen molar-refractivity contribution in [2.75, 3.05) is 7.05 Å². The van der Waals surface area contributed by atoms with Crippen LogP contribution in [-0.4, -0.2) is 18.4 Å². The fraction of sp³-hybridized carbons (Fsp3) is 0.917. The molecule has 1 saturated carbocycles. The monoisotopic (exact) mass is 197 g/mol. The van der Waals surface area contributed by atoms with Crippen molar-refractivity contribution in [3.63, 3.8) is 0 Å². The van der Waals surface area contributed by atoms with Crippen LogP contribution in [0.2, 0.25) is 0 Å². The Morgan fingerprint density at radius 1 is 1.50 bits per heavy atom. The molecule has 1 aliphatic carbocycles. The second-order valence-corrected chi connectivity index (χ2v) is 5.53. The van der Waals surface area contributed by atoms with Gasteiger partial charge in [0.25, 0.3) is 0 Å². The van der Waals surface area contributed by atoms with Crippen LogP contribution in [0.3, 0.4) is 0 Å². The van der Waals surface area contributed by atoms with Crippen molar-refractivity contribution in [1.82, 2.24) is 5.32 Å². The molecule has 1 N–H and O–H groups in total. The van der Waals surface area contributed by atoms with Crippen LogP contribution in [0.1, 0.15) is 47.0 Å².